The standard InChI is InChI=1S/C15H21ClN2/c1-2-3-7-15(18-10-8-17-9-11-18)13-5-4-6-14(16)12-13/h2,4-6,12,15,17H,1,3,7-11H2/t15-/m0/s1. The van der Waals surface area contributed by atoms with E-state index in [2.05, 4.69) is 28.9 Å². The largest absolute Gasteiger partial charge is 0.314 e. The van der Waals surface area contributed by atoms with Gasteiger partial charge in [0.2, 0.25) is 0 Å². The Labute approximate surface area is 115 Å². The molecule has 0 radical (unpaired) electrons. The zero-order valence-electron chi connectivity index (χ0n) is 10.7. The molecule has 0 bridgehead atoms. The normalized spacial score (nSPS) is 18.5. The molecule has 0 spiro atoms. The molecule has 1 fully saturated rings. The van der Waals surface area contributed by atoms with E-state index in [0.717, 1.165) is 44.0 Å². The summed E-state index contributed by atoms with van der Waals surface area (Å²) >= 11 is 6.11. The Balaban J connectivity index is 2.15. The molecule has 0 saturated carbocycles. The van der Waals surface area contributed by atoms with Gasteiger partial charge in [-0.05, 0) is 30.5 Å². The third kappa shape index (κ3) is 3.58. The summed E-state index contributed by atoms with van der Waals surface area (Å²) in [5.41, 5.74) is 1.33. The molecule has 2 rings (SSSR count). The highest BCUT2D eigenvalue weighted by atomic mass is 35.5. The Morgan fingerprint density at radius 1 is 1.39 bits per heavy atom. The van der Waals surface area contributed by atoms with E-state index in [4.69, 9.17) is 11.6 Å². The van der Waals surface area contributed by atoms with Crippen molar-refractivity contribution in [2.24, 2.45) is 0 Å². The summed E-state index contributed by atoms with van der Waals surface area (Å²) in [5, 5.41) is 4.23. The summed E-state index contributed by atoms with van der Waals surface area (Å²) in [7, 11) is 0. The molecule has 3 heteroatoms. The predicted octanol–water partition coefficient (Wildman–Crippen LogP) is 3.25. The van der Waals surface area contributed by atoms with Gasteiger partial charge in [0, 0.05) is 37.2 Å². The lowest BCUT2D eigenvalue weighted by Crippen LogP contribution is -2.45. The van der Waals surface area contributed by atoms with E-state index in [-0.39, 0.29) is 0 Å². The van der Waals surface area contributed by atoms with Gasteiger partial charge in [0.1, 0.15) is 0 Å². The number of allylic oxidation sites excluding steroid dienone is 1. The molecule has 0 aromatic heterocycles. The molecule has 1 saturated heterocycles. The smallest absolute Gasteiger partial charge is 0.0409 e. The number of nitrogens with zero attached hydrogens (tertiary/aromatic N) is 1. The van der Waals surface area contributed by atoms with Crippen LogP contribution in [0.5, 0.6) is 0 Å². The zero-order valence-corrected chi connectivity index (χ0v) is 11.5. The highest BCUT2D eigenvalue weighted by Gasteiger charge is 2.21. The van der Waals surface area contributed by atoms with Gasteiger partial charge in [-0.1, -0.05) is 29.8 Å². The lowest BCUT2D eigenvalue weighted by molar-refractivity contribution is 0.166. The first-order valence-corrected chi connectivity index (χ1v) is 7.00. The molecule has 98 valence electrons. The molecular formula is C15H21ClN2. The van der Waals surface area contributed by atoms with Crippen molar-refractivity contribution < 1.29 is 0 Å². The van der Waals surface area contributed by atoms with Crippen molar-refractivity contribution in [2.45, 2.75) is 18.9 Å². The Kier molecular flexibility index (Phi) is 5.24. The van der Waals surface area contributed by atoms with Crippen LogP contribution in [-0.2, 0) is 0 Å². The molecule has 1 aromatic rings. The maximum absolute atomic E-state index is 6.11. The summed E-state index contributed by atoms with van der Waals surface area (Å²) in [6.45, 7) is 8.19. The summed E-state index contributed by atoms with van der Waals surface area (Å²) < 4.78 is 0. The second-order valence-corrected chi connectivity index (χ2v) is 5.16. The van der Waals surface area contributed by atoms with Crippen LogP contribution >= 0.6 is 11.6 Å². The first-order chi connectivity index (χ1) is 8.81. The summed E-state index contributed by atoms with van der Waals surface area (Å²) in [4.78, 5) is 2.55. The van der Waals surface area contributed by atoms with E-state index in [0.29, 0.717) is 6.04 Å². The van der Waals surface area contributed by atoms with E-state index in [9.17, 15) is 0 Å². The van der Waals surface area contributed by atoms with E-state index in [1.54, 1.807) is 0 Å². The fraction of sp³-hybridized carbons (Fsp3) is 0.467. The van der Waals surface area contributed by atoms with Crippen molar-refractivity contribution in [3.63, 3.8) is 0 Å². The molecule has 2 nitrogen and oxygen atoms in total. The first kappa shape index (κ1) is 13.6. The van der Waals surface area contributed by atoms with Crippen LogP contribution in [0.25, 0.3) is 0 Å². The van der Waals surface area contributed by atoms with Crippen LogP contribution in [-0.4, -0.2) is 31.1 Å². The van der Waals surface area contributed by atoms with Gasteiger partial charge in [-0.25, -0.2) is 0 Å². The van der Waals surface area contributed by atoms with Crippen LogP contribution in [0.2, 0.25) is 5.02 Å². The fourth-order valence-electron chi connectivity index (χ4n) is 2.54. The van der Waals surface area contributed by atoms with Crippen molar-refractivity contribution >= 4 is 11.6 Å². The number of nitrogens with one attached hydrogen (secondary N) is 1. The Morgan fingerprint density at radius 3 is 2.83 bits per heavy atom. The predicted molar refractivity (Wildman–Crippen MR) is 78.1 cm³/mol. The third-order valence-corrected chi connectivity index (χ3v) is 3.71. The number of benzene rings is 1. The van der Waals surface area contributed by atoms with Gasteiger partial charge in [-0.3, -0.25) is 4.90 Å². The molecule has 18 heavy (non-hydrogen) atoms. The molecule has 0 aliphatic carbocycles. The average molecular weight is 265 g/mol. The monoisotopic (exact) mass is 264 g/mol. The molecule has 1 aliphatic rings. The number of piperazine rings is 1. The van der Waals surface area contributed by atoms with E-state index >= 15 is 0 Å². The summed E-state index contributed by atoms with van der Waals surface area (Å²) in [5.74, 6) is 0. The average Bonchev–Trinajstić information content (AvgIpc) is 2.40. The highest BCUT2D eigenvalue weighted by Crippen LogP contribution is 2.28. The number of hydrogen-bond donors (Lipinski definition) is 1. The quantitative estimate of drug-likeness (QED) is 0.822. The van der Waals surface area contributed by atoms with Crippen molar-refractivity contribution in [3.8, 4) is 0 Å². The minimum atomic E-state index is 0.462. The number of hydrogen-bond acceptors (Lipinski definition) is 2. The molecule has 1 aliphatic heterocycles. The first-order valence-electron chi connectivity index (χ1n) is 6.62. The molecule has 0 amide bonds. The van der Waals surface area contributed by atoms with Gasteiger partial charge in [-0.2, -0.15) is 0 Å². The molecule has 1 atom stereocenters. The van der Waals surface area contributed by atoms with Gasteiger partial charge >= 0.3 is 0 Å². The molecule has 1 N–H and O–H groups in total. The Morgan fingerprint density at radius 2 is 2.17 bits per heavy atom. The zero-order chi connectivity index (χ0) is 12.8. The van der Waals surface area contributed by atoms with Crippen molar-refractivity contribution in [2.75, 3.05) is 26.2 Å². The van der Waals surface area contributed by atoms with Crippen LogP contribution in [0.15, 0.2) is 36.9 Å². The van der Waals surface area contributed by atoms with Crippen molar-refractivity contribution in [3.05, 3.63) is 47.5 Å². The van der Waals surface area contributed by atoms with Crippen LogP contribution in [0.4, 0.5) is 0 Å². The maximum Gasteiger partial charge on any atom is 0.0409 e. The van der Waals surface area contributed by atoms with Crippen molar-refractivity contribution in [1.82, 2.24) is 10.2 Å². The van der Waals surface area contributed by atoms with Crippen molar-refractivity contribution in [1.29, 1.82) is 0 Å². The lowest BCUT2D eigenvalue weighted by Gasteiger charge is -2.35. The molecule has 1 heterocycles. The van der Waals surface area contributed by atoms with Gasteiger partial charge in [0.15, 0.2) is 0 Å². The number of rotatable bonds is 5. The van der Waals surface area contributed by atoms with E-state index in [1.807, 2.05) is 18.2 Å². The summed E-state index contributed by atoms with van der Waals surface area (Å²) in [6.07, 6.45) is 4.16. The lowest BCUT2D eigenvalue weighted by atomic mass is 9.99. The Hall–Kier alpha value is -0.830. The molecule has 1 aromatic carbocycles. The third-order valence-electron chi connectivity index (χ3n) is 3.47. The van der Waals surface area contributed by atoms with Gasteiger partial charge < -0.3 is 5.32 Å². The SMILES string of the molecule is C=CCC[C@@H](c1cccc(Cl)c1)N1CCNCC1. The van der Waals surface area contributed by atoms with Crippen LogP contribution in [0.1, 0.15) is 24.4 Å². The van der Waals surface area contributed by atoms with Crippen LogP contribution in [0, 0.1) is 0 Å². The minimum Gasteiger partial charge on any atom is -0.314 e. The van der Waals surface area contributed by atoms with Gasteiger partial charge in [0.05, 0.1) is 0 Å². The van der Waals surface area contributed by atoms with E-state index in [1.165, 1.54) is 5.56 Å². The topological polar surface area (TPSA) is 15.3 Å². The number of halogens is 1. The van der Waals surface area contributed by atoms with Crippen LogP contribution in [0.3, 0.4) is 0 Å². The highest BCUT2D eigenvalue weighted by molar-refractivity contribution is 6.30. The Bertz CT molecular complexity index is 386. The summed E-state index contributed by atoms with van der Waals surface area (Å²) in [6, 6.07) is 8.72. The molecular weight excluding hydrogens is 244 g/mol. The second kappa shape index (κ2) is 6.93. The van der Waals surface area contributed by atoms with Crippen LogP contribution < -0.4 is 5.32 Å². The fourth-order valence-corrected chi connectivity index (χ4v) is 2.74. The van der Waals surface area contributed by atoms with E-state index < -0.39 is 0 Å². The minimum absolute atomic E-state index is 0.462. The maximum atomic E-state index is 6.11. The van der Waals surface area contributed by atoms with Gasteiger partial charge in [0.25, 0.3) is 0 Å². The second-order valence-electron chi connectivity index (χ2n) is 4.72. The van der Waals surface area contributed by atoms with Gasteiger partial charge in [-0.15, -0.1) is 6.58 Å². The molecule has 0 unspecified atom stereocenters.